The maximum atomic E-state index is 4.47. The summed E-state index contributed by atoms with van der Waals surface area (Å²) in [7, 11) is 0. The molecule has 3 heteroatoms. The molecular formula is C18H29N3. The molecule has 0 spiro atoms. The van der Waals surface area contributed by atoms with Crippen LogP contribution in [0.3, 0.4) is 0 Å². The van der Waals surface area contributed by atoms with Gasteiger partial charge in [0.1, 0.15) is 0 Å². The maximum absolute atomic E-state index is 4.47. The van der Waals surface area contributed by atoms with Crippen molar-refractivity contribution in [2.75, 3.05) is 32.7 Å². The number of rotatable bonds is 7. The van der Waals surface area contributed by atoms with Crippen molar-refractivity contribution in [1.82, 2.24) is 14.8 Å². The van der Waals surface area contributed by atoms with Gasteiger partial charge < -0.3 is 0 Å². The van der Waals surface area contributed by atoms with Gasteiger partial charge in [-0.2, -0.15) is 0 Å². The van der Waals surface area contributed by atoms with E-state index in [1.54, 1.807) is 0 Å². The largest absolute Gasteiger partial charge is 0.300 e. The van der Waals surface area contributed by atoms with Gasteiger partial charge in [-0.3, -0.25) is 14.8 Å². The molecule has 1 atom stereocenters. The number of hydrogen-bond acceptors (Lipinski definition) is 3. The van der Waals surface area contributed by atoms with Gasteiger partial charge in [0.25, 0.3) is 0 Å². The topological polar surface area (TPSA) is 19.4 Å². The van der Waals surface area contributed by atoms with Crippen molar-refractivity contribution in [1.29, 1.82) is 0 Å². The van der Waals surface area contributed by atoms with Crippen LogP contribution >= 0.6 is 0 Å². The fourth-order valence-electron chi connectivity index (χ4n) is 3.08. The van der Waals surface area contributed by atoms with Crippen molar-refractivity contribution in [3.63, 3.8) is 0 Å². The second kappa shape index (κ2) is 8.30. The highest BCUT2D eigenvalue weighted by Gasteiger charge is 2.24. The number of aromatic nitrogens is 1. The van der Waals surface area contributed by atoms with Crippen LogP contribution in [-0.4, -0.2) is 53.5 Å². The molecule has 1 aromatic heterocycles. The van der Waals surface area contributed by atoms with Gasteiger partial charge >= 0.3 is 0 Å². The van der Waals surface area contributed by atoms with Gasteiger partial charge in [-0.1, -0.05) is 32.9 Å². The zero-order chi connectivity index (χ0) is 15.1. The summed E-state index contributed by atoms with van der Waals surface area (Å²) in [6.07, 6.45) is 8.73. The van der Waals surface area contributed by atoms with Crippen molar-refractivity contribution >= 4 is 6.08 Å². The average molecular weight is 287 g/mol. The van der Waals surface area contributed by atoms with Crippen molar-refractivity contribution < 1.29 is 0 Å². The highest BCUT2D eigenvalue weighted by Crippen LogP contribution is 2.15. The monoisotopic (exact) mass is 287 g/mol. The lowest BCUT2D eigenvalue weighted by molar-refractivity contribution is 0.215. The minimum absolute atomic E-state index is 0.746. The van der Waals surface area contributed by atoms with Gasteiger partial charge in [-0.25, -0.2) is 0 Å². The molecule has 1 saturated heterocycles. The second-order valence-corrected chi connectivity index (χ2v) is 5.77. The van der Waals surface area contributed by atoms with Crippen LogP contribution in [-0.2, 0) is 6.42 Å². The van der Waals surface area contributed by atoms with E-state index in [1.165, 1.54) is 38.2 Å². The summed E-state index contributed by atoms with van der Waals surface area (Å²) in [5, 5.41) is 0. The number of pyridine rings is 1. The third-order valence-electron chi connectivity index (χ3n) is 4.48. The van der Waals surface area contributed by atoms with Crippen LogP contribution < -0.4 is 0 Å². The summed E-state index contributed by atoms with van der Waals surface area (Å²) in [6.45, 7) is 12.5. The molecule has 0 N–H and O–H groups in total. The SMILES string of the molecule is CCc1ccc(/C=C/CN2CCC(N(CC)CC)C2)nc1. The number of nitrogens with zero attached hydrogens (tertiary/aromatic N) is 3. The molecule has 1 aromatic rings. The summed E-state index contributed by atoms with van der Waals surface area (Å²) in [5.41, 5.74) is 2.36. The van der Waals surface area contributed by atoms with Crippen molar-refractivity contribution in [2.24, 2.45) is 0 Å². The third kappa shape index (κ3) is 4.65. The number of aryl methyl sites for hydroxylation is 1. The first-order valence-corrected chi connectivity index (χ1v) is 8.34. The van der Waals surface area contributed by atoms with Crippen LogP contribution in [0.5, 0.6) is 0 Å². The van der Waals surface area contributed by atoms with E-state index < -0.39 is 0 Å². The van der Waals surface area contributed by atoms with Crippen LogP contribution in [0.2, 0.25) is 0 Å². The number of hydrogen-bond donors (Lipinski definition) is 0. The van der Waals surface area contributed by atoms with E-state index in [1.807, 2.05) is 6.20 Å². The quantitative estimate of drug-likeness (QED) is 0.768. The van der Waals surface area contributed by atoms with Crippen molar-refractivity contribution in [3.05, 3.63) is 35.7 Å². The molecule has 0 saturated carbocycles. The number of likely N-dealkylation sites (N-methyl/N-ethyl adjacent to an activating group) is 1. The smallest absolute Gasteiger partial charge is 0.0627 e. The fraction of sp³-hybridized carbons (Fsp3) is 0.611. The predicted octanol–water partition coefficient (Wildman–Crippen LogP) is 3.07. The van der Waals surface area contributed by atoms with Gasteiger partial charge in [0, 0.05) is 31.9 Å². The van der Waals surface area contributed by atoms with Crippen molar-refractivity contribution in [2.45, 2.75) is 39.7 Å². The lowest BCUT2D eigenvalue weighted by atomic mass is 10.2. The first-order valence-electron chi connectivity index (χ1n) is 8.34. The summed E-state index contributed by atoms with van der Waals surface area (Å²) in [6, 6.07) is 5.02. The summed E-state index contributed by atoms with van der Waals surface area (Å²) in [4.78, 5) is 9.59. The molecule has 0 aliphatic carbocycles. The average Bonchev–Trinajstić information content (AvgIpc) is 2.98. The Hall–Kier alpha value is -1.19. The molecular weight excluding hydrogens is 258 g/mol. The molecule has 21 heavy (non-hydrogen) atoms. The maximum Gasteiger partial charge on any atom is 0.0627 e. The lowest BCUT2D eigenvalue weighted by Crippen LogP contribution is -2.37. The normalized spacial score (nSPS) is 19.9. The molecule has 2 heterocycles. The Morgan fingerprint density at radius 3 is 2.71 bits per heavy atom. The Morgan fingerprint density at radius 2 is 2.10 bits per heavy atom. The number of likely N-dealkylation sites (tertiary alicyclic amines) is 1. The summed E-state index contributed by atoms with van der Waals surface area (Å²) in [5.74, 6) is 0. The second-order valence-electron chi connectivity index (χ2n) is 5.77. The Balaban J connectivity index is 1.79. The Labute approximate surface area is 129 Å². The minimum Gasteiger partial charge on any atom is -0.300 e. The Kier molecular flexibility index (Phi) is 6.40. The molecule has 1 fully saturated rings. The summed E-state index contributed by atoms with van der Waals surface area (Å²) < 4.78 is 0. The molecule has 0 amide bonds. The molecule has 0 aromatic carbocycles. The van der Waals surface area contributed by atoms with Crippen LogP contribution in [0.15, 0.2) is 24.4 Å². The van der Waals surface area contributed by atoms with Crippen LogP contribution in [0.25, 0.3) is 6.08 Å². The van der Waals surface area contributed by atoms with E-state index in [0.717, 1.165) is 24.7 Å². The van der Waals surface area contributed by atoms with E-state index >= 15 is 0 Å². The zero-order valence-electron chi connectivity index (χ0n) is 13.8. The molecule has 1 aliphatic heterocycles. The van der Waals surface area contributed by atoms with Gasteiger partial charge in [0.15, 0.2) is 0 Å². The predicted molar refractivity (Wildman–Crippen MR) is 90.4 cm³/mol. The molecule has 0 bridgehead atoms. The molecule has 2 rings (SSSR count). The molecule has 1 aliphatic rings. The molecule has 0 radical (unpaired) electrons. The van der Waals surface area contributed by atoms with E-state index in [0.29, 0.717) is 0 Å². The molecule has 116 valence electrons. The highest BCUT2D eigenvalue weighted by atomic mass is 15.2. The van der Waals surface area contributed by atoms with E-state index in [2.05, 4.69) is 59.8 Å². The highest BCUT2D eigenvalue weighted by molar-refractivity contribution is 5.44. The molecule has 1 unspecified atom stereocenters. The minimum atomic E-state index is 0.746. The van der Waals surface area contributed by atoms with Gasteiger partial charge in [-0.05, 0) is 43.6 Å². The van der Waals surface area contributed by atoms with Gasteiger partial charge in [-0.15, -0.1) is 0 Å². The lowest BCUT2D eigenvalue weighted by Gasteiger charge is -2.25. The van der Waals surface area contributed by atoms with Crippen LogP contribution in [0.4, 0.5) is 0 Å². The standard InChI is InChI=1S/C18H29N3/c1-4-16-9-10-17(19-14-16)8-7-12-20-13-11-18(15-20)21(5-2)6-3/h7-10,14,18H,4-6,11-13,15H2,1-3H3/b8-7+. The Bertz CT molecular complexity index is 434. The third-order valence-corrected chi connectivity index (χ3v) is 4.48. The van der Waals surface area contributed by atoms with E-state index in [9.17, 15) is 0 Å². The van der Waals surface area contributed by atoms with Gasteiger partial charge in [0.05, 0.1) is 5.69 Å². The summed E-state index contributed by atoms with van der Waals surface area (Å²) >= 11 is 0. The molecule has 3 nitrogen and oxygen atoms in total. The van der Waals surface area contributed by atoms with Crippen LogP contribution in [0, 0.1) is 0 Å². The van der Waals surface area contributed by atoms with Gasteiger partial charge in [0.2, 0.25) is 0 Å². The first kappa shape index (κ1) is 16.2. The van der Waals surface area contributed by atoms with Crippen LogP contribution in [0.1, 0.15) is 38.4 Å². The van der Waals surface area contributed by atoms with Crippen molar-refractivity contribution in [3.8, 4) is 0 Å². The fourth-order valence-corrected chi connectivity index (χ4v) is 3.08. The van der Waals surface area contributed by atoms with E-state index in [4.69, 9.17) is 0 Å². The zero-order valence-corrected chi connectivity index (χ0v) is 13.8. The first-order chi connectivity index (χ1) is 10.3. The Morgan fingerprint density at radius 1 is 1.29 bits per heavy atom. The van der Waals surface area contributed by atoms with E-state index in [-0.39, 0.29) is 0 Å².